The van der Waals surface area contributed by atoms with E-state index in [1.54, 1.807) is 0 Å². The number of ketones is 2. The van der Waals surface area contributed by atoms with Crippen molar-refractivity contribution >= 4 is 28.2 Å². The molecule has 6 rings (SSSR count). The van der Waals surface area contributed by atoms with Gasteiger partial charge < -0.3 is 36.0 Å². The molecule has 0 unspecified atom stereocenters. The molecule has 4 aliphatic rings. The molecule has 0 saturated heterocycles. The Bertz CT molecular complexity index is 1630. The summed E-state index contributed by atoms with van der Waals surface area (Å²) in [6.45, 7) is 8.66. The molecule has 3 atom stereocenters. The SMILES string of the molecule is COc1cc(O)c2c(O)c3c(c4c2c1C1(C4)C(C)(C)CCCC1(C)C)[C@@H](O)[C@H]1CC(=O)C(C(N)=O)=C(O)[C@@]1(O)C3=O. The molecule has 2 aromatic rings. The lowest BCUT2D eigenvalue weighted by Gasteiger charge is -2.59. The van der Waals surface area contributed by atoms with Crippen LogP contribution >= 0.6 is 0 Å². The highest BCUT2D eigenvalue weighted by Crippen LogP contribution is 2.70. The average Bonchev–Trinajstić information content (AvgIpc) is 3.24. The Morgan fingerprint density at radius 1 is 1.05 bits per heavy atom. The molecule has 0 bridgehead atoms. The number of phenols is 2. The summed E-state index contributed by atoms with van der Waals surface area (Å²) in [5.41, 5.74) is 1.06. The Balaban J connectivity index is 1.77. The second kappa shape index (κ2) is 8.01. The van der Waals surface area contributed by atoms with Crippen molar-refractivity contribution in [2.75, 3.05) is 7.11 Å². The monoisotopic (exact) mass is 565 g/mol. The Hall–Kier alpha value is -3.63. The van der Waals surface area contributed by atoms with E-state index in [0.717, 1.165) is 24.8 Å². The second-order valence-corrected chi connectivity index (χ2v) is 13.4. The van der Waals surface area contributed by atoms with Gasteiger partial charge in [0.1, 0.15) is 28.6 Å². The van der Waals surface area contributed by atoms with Crippen LogP contribution in [0.5, 0.6) is 17.2 Å². The van der Waals surface area contributed by atoms with Gasteiger partial charge in [-0.25, -0.2) is 0 Å². The number of nitrogens with two attached hydrogens (primary N) is 1. The summed E-state index contributed by atoms with van der Waals surface area (Å²) in [4.78, 5) is 38.9. The molecule has 1 amide bonds. The van der Waals surface area contributed by atoms with Crippen LogP contribution in [0.4, 0.5) is 0 Å². The second-order valence-electron chi connectivity index (χ2n) is 13.4. The van der Waals surface area contributed by atoms with Gasteiger partial charge in [-0.05, 0) is 41.2 Å². The minimum atomic E-state index is -2.90. The van der Waals surface area contributed by atoms with Crippen molar-refractivity contribution in [1.29, 1.82) is 0 Å². The number of amides is 1. The number of aliphatic hydroxyl groups excluding tert-OH is 2. The number of benzene rings is 2. The zero-order valence-electron chi connectivity index (χ0n) is 23.7. The van der Waals surface area contributed by atoms with Crippen LogP contribution in [-0.4, -0.2) is 55.7 Å². The summed E-state index contributed by atoms with van der Waals surface area (Å²) in [5, 5.41) is 57.7. The summed E-state index contributed by atoms with van der Waals surface area (Å²) in [6.07, 6.45) is 0.733. The number of phenolic OH excluding ortho intramolecular Hbond substituents is 2. The van der Waals surface area contributed by atoms with E-state index in [0.29, 0.717) is 23.1 Å². The van der Waals surface area contributed by atoms with Gasteiger partial charge in [0.2, 0.25) is 5.78 Å². The van der Waals surface area contributed by atoms with Crippen molar-refractivity contribution in [3.63, 3.8) is 0 Å². The van der Waals surface area contributed by atoms with E-state index >= 15 is 0 Å². The summed E-state index contributed by atoms with van der Waals surface area (Å²) < 4.78 is 5.83. The zero-order chi connectivity index (χ0) is 30.2. The number of aliphatic hydroxyl groups is 3. The number of rotatable bonds is 2. The van der Waals surface area contributed by atoms with Gasteiger partial charge in [-0.3, -0.25) is 14.4 Å². The molecule has 0 radical (unpaired) electrons. The fraction of sp³-hybridized carbons (Fsp3) is 0.516. The number of ether oxygens (including phenoxy) is 1. The predicted octanol–water partition coefficient (Wildman–Crippen LogP) is 3.14. The summed E-state index contributed by atoms with van der Waals surface area (Å²) in [6, 6.07) is 1.41. The number of primary amides is 1. The van der Waals surface area contributed by atoms with Crippen molar-refractivity contribution < 1.29 is 44.7 Å². The molecule has 7 N–H and O–H groups in total. The Labute approximate surface area is 236 Å². The molecule has 41 heavy (non-hydrogen) atoms. The van der Waals surface area contributed by atoms with Crippen molar-refractivity contribution in [2.24, 2.45) is 22.5 Å². The van der Waals surface area contributed by atoms with E-state index in [1.807, 2.05) is 0 Å². The Morgan fingerprint density at radius 3 is 2.22 bits per heavy atom. The first-order valence-electron chi connectivity index (χ1n) is 13.8. The molecular formula is C31H35NO9. The molecule has 0 aliphatic heterocycles. The van der Waals surface area contributed by atoms with Gasteiger partial charge in [0.05, 0.1) is 24.2 Å². The van der Waals surface area contributed by atoms with Crippen LogP contribution < -0.4 is 10.5 Å². The van der Waals surface area contributed by atoms with E-state index in [-0.39, 0.29) is 27.5 Å². The molecule has 10 nitrogen and oxygen atoms in total. The molecule has 4 aliphatic carbocycles. The molecule has 0 aromatic heterocycles. The fourth-order valence-corrected chi connectivity index (χ4v) is 9.08. The molecule has 1 spiro atoms. The smallest absolute Gasteiger partial charge is 0.255 e. The number of hydrogen-bond donors (Lipinski definition) is 6. The zero-order valence-corrected chi connectivity index (χ0v) is 23.7. The van der Waals surface area contributed by atoms with E-state index < -0.39 is 69.6 Å². The average molecular weight is 566 g/mol. The van der Waals surface area contributed by atoms with Gasteiger partial charge in [0.25, 0.3) is 5.91 Å². The lowest BCUT2D eigenvalue weighted by atomic mass is 9.44. The highest BCUT2D eigenvalue weighted by atomic mass is 16.5. The van der Waals surface area contributed by atoms with Gasteiger partial charge in [-0.15, -0.1) is 0 Å². The first-order valence-corrected chi connectivity index (χ1v) is 13.8. The van der Waals surface area contributed by atoms with Crippen LogP contribution in [0.15, 0.2) is 17.4 Å². The largest absolute Gasteiger partial charge is 0.508 e. The quantitative estimate of drug-likeness (QED) is 0.297. The molecule has 0 heterocycles. The maximum atomic E-state index is 14.1. The van der Waals surface area contributed by atoms with Gasteiger partial charge >= 0.3 is 0 Å². The molecule has 10 heteroatoms. The number of hydrogen-bond acceptors (Lipinski definition) is 9. The number of aromatic hydroxyl groups is 2. The van der Waals surface area contributed by atoms with Crippen molar-refractivity contribution in [3.8, 4) is 17.2 Å². The van der Waals surface area contributed by atoms with E-state index in [4.69, 9.17) is 10.5 Å². The minimum absolute atomic E-state index is 0.0309. The molecule has 1 fully saturated rings. The summed E-state index contributed by atoms with van der Waals surface area (Å²) >= 11 is 0. The van der Waals surface area contributed by atoms with Crippen LogP contribution in [0, 0.1) is 16.7 Å². The standard InChI is InChI=1S/C31H35NO9/c1-28(2)7-6-8-29(3,4)30(28)11-12-17-19(15(34)10-16(41-5)22(17)30)24(36)21-18(12)23(35)13-9-14(33)20(27(32)39)25(37)31(13,40)26(21)38/h10,13,23,34-37,40H,6-9,11H2,1-5H3,(H2,32,39)/t13-,23+,31-/m1/s1. The third kappa shape index (κ3) is 2.92. The fourth-order valence-electron chi connectivity index (χ4n) is 9.08. The normalized spacial score (nSPS) is 29.0. The van der Waals surface area contributed by atoms with Crippen LogP contribution in [0.1, 0.15) is 86.5 Å². The van der Waals surface area contributed by atoms with Crippen molar-refractivity contribution in [1.82, 2.24) is 0 Å². The van der Waals surface area contributed by atoms with Crippen LogP contribution in [0.25, 0.3) is 10.8 Å². The molecule has 1 saturated carbocycles. The van der Waals surface area contributed by atoms with Gasteiger partial charge in [-0.2, -0.15) is 0 Å². The lowest BCUT2D eigenvalue weighted by Crippen LogP contribution is -2.58. The Morgan fingerprint density at radius 2 is 1.66 bits per heavy atom. The molecule has 2 aromatic carbocycles. The van der Waals surface area contributed by atoms with Crippen LogP contribution in [0.3, 0.4) is 0 Å². The highest BCUT2D eigenvalue weighted by Gasteiger charge is 2.65. The third-order valence-corrected chi connectivity index (χ3v) is 11.0. The first kappa shape index (κ1) is 27.5. The van der Waals surface area contributed by atoms with Crippen molar-refractivity contribution in [2.45, 2.75) is 76.9 Å². The topological polar surface area (TPSA) is 188 Å². The summed E-state index contributed by atoms with van der Waals surface area (Å²) in [7, 11) is 1.50. The maximum Gasteiger partial charge on any atom is 0.255 e. The summed E-state index contributed by atoms with van der Waals surface area (Å²) in [5.74, 6) is -6.84. The van der Waals surface area contributed by atoms with Crippen LogP contribution in [-0.2, 0) is 21.4 Å². The number of carbonyl (C=O) groups excluding carboxylic acids is 3. The lowest BCUT2D eigenvalue weighted by molar-refractivity contribution is -0.129. The number of fused-ring (bicyclic) bond motifs is 4. The Kier molecular flexibility index (Phi) is 5.38. The number of Topliss-reactive ketones (excluding diaryl/α,β-unsaturated/α-hetero) is 2. The van der Waals surface area contributed by atoms with Gasteiger partial charge in [0, 0.05) is 34.8 Å². The van der Waals surface area contributed by atoms with E-state index in [9.17, 15) is 39.9 Å². The third-order valence-electron chi connectivity index (χ3n) is 11.0. The first-order chi connectivity index (χ1) is 19.0. The minimum Gasteiger partial charge on any atom is -0.508 e. The van der Waals surface area contributed by atoms with Gasteiger partial charge in [-0.1, -0.05) is 34.1 Å². The maximum absolute atomic E-state index is 14.1. The van der Waals surface area contributed by atoms with E-state index in [1.165, 1.54) is 13.2 Å². The number of carbonyl (C=O) groups is 3. The highest BCUT2D eigenvalue weighted by molar-refractivity contribution is 6.23. The predicted molar refractivity (Wildman–Crippen MR) is 147 cm³/mol. The molecule has 218 valence electrons. The van der Waals surface area contributed by atoms with Crippen molar-refractivity contribution in [3.05, 3.63) is 39.7 Å². The van der Waals surface area contributed by atoms with Crippen LogP contribution in [0.2, 0.25) is 0 Å². The molecular weight excluding hydrogens is 530 g/mol. The van der Waals surface area contributed by atoms with Gasteiger partial charge in [0.15, 0.2) is 11.4 Å². The number of methoxy groups -OCH3 is 1. The van der Waals surface area contributed by atoms with E-state index in [2.05, 4.69) is 27.7 Å².